The van der Waals surface area contributed by atoms with E-state index in [0.29, 0.717) is 28.1 Å². The Kier molecular flexibility index (Phi) is 6.24. The smallest absolute Gasteiger partial charge is 0.341 e. The SMILES string of the molecule is CCOC(=O)c1c(NC(=O)CSc2nnc3[nH]c(=O)c4c(n23)CCCC4)sc2c1CCCC2. The number of nitrogens with zero attached hydrogens (tertiary/aromatic N) is 3. The van der Waals surface area contributed by atoms with Crippen LogP contribution in [0.15, 0.2) is 9.95 Å². The first kappa shape index (κ1) is 22.1. The molecule has 0 spiro atoms. The highest BCUT2D eigenvalue weighted by Gasteiger charge is 2.27. The molecule has 9 nitrogen and oxygen atoms in total. The number of carbonyl (C=O) groups excluding carboxylic acids is 2. The Morgan fingerprint density at radius 2 is 1.88 bits per heavy atom. The van der Waals surface area contributed by atoms with Gasteiger partial charge in [0, 0.05) is 16.1 Å². The van der Waals surface area contributed by atoms with Gasteiger partial charge in [0.25, 0.3) is 5.56 Å². The summed E-state index contributed by atoms with van der Waals surface area (Å²) in [5, 5.41) is 12.4. The van der Waals surface area contributed by atoms with Gasteiger partial charge in [0.2, 0.25) is 11.7 Å². The van der Waals surface area contributed by atoms with Crippen molar-refractivity contribution in [1.82, 2.24) is 19.6 Å². The Labute approximate surface area is 198 Å². The number of thioether (sulfide) groups is 1. The van der Waals surface area contributed by atoms with Crippen molar-refractivity contribution in [3.8, 4) is 0 Å². The molecular weight excluding hydrogens is 462 g/mol. The number of anilines is 1. The number of aryl methyl sites for hydroxylation is 2. The van der Waals surface area contributed by atoms with Crippen LogP contribution in [0.2, 0.25) is 0 Å². The zero-order valence-electron chi connectivity index (χ0n) is 18.4. The standard InChI is InChI=1S/C22H25N5O4S2/c1-2-31-20(30)17-13-8-4-6-10-15(13)33-19(17)23-16(28)11-32-22-26-25-21-24-18(29)12-7-3-5-9-14(12)27(21)22/h2-11H2,1H3,(H,23,28)(H,24,25,29). The van der Waals surface area contributed by atoms with Crippen LogP contribution in [0.3, 0.4) is 0 Å². The van der Waals surface area contributed by atoms with Crippen LogP contribution >= 0.6 is 23.1 Å². The second kappa shape index (κ2) is 9.30. The Hall–Kier alpha value is -2.66. The first-order valence-corrected chi connectivity index (χ1v) is 13.1. The van der Waals surface area contributed by atoms with Gasteiger partial charge in [-0.2, -0.15) is 0 Å². The maximum Gasteiger partial charge on any atom is 0.341 e. The molecule has 0 fully saturated rings. The summed E-state index contributed by atoms with van der Waals surface area (Å²) in [5.41, 5.74) is 3.14. The Morgan fingerprint density at radius 3 is 2.70 bits per heavy atom. The van der Waals surface area contributed by atoms with E-state index in [1.54, 1.807) is 6.92 Å². The van der Waals surface area contributed by atoms with Crippen molar-refractivity contribution in [2.45, 2.75) is 63.4 Å². The van der Waals surface area contributed by atoms with Gasteiger partial charge in [-0.05, 0) is 63.9 Å². The maximum absolute atomic E-state index is 12.8. The van der Waals surface area contributed by atoms with E-state index in [2.05, 4.69) is 20.5 Å². The summed E-state index contributed by atoms with van der Waals surface area (Å²) in [6.45, 7) is 2.07. The molecule has 0 aromatic carbocycles. The molecule has 2 aliphatic rings. The normalized spacial score (nSPS) is 15.2. The van der Waals surface area contributed by atoms with Crippen LogP contribution in [0.4, 0.5) is 5.00 Å². The summed E-state index contributed by atoms with van der Waals surface area (Å²) in [7, 11) is 0. The van der Waals surface area contributed by atoms with Crippen LogP contribution in [0.1, 0.15) is 64.7 Å². The van der Waals surface area contributed by atoms with Crippen LogP contribution in [-0.2, 0) is 35.2 Å². The highest BCUT2D eigenvalue weighted by Crippen LogP contribution is 2.38. The summed E-state index contributed by atoms with van der Waals surface area (Å²) < 4.78 is 7.13. The number of carbonyl (C=O) groups is 2. The predicted octanol–water partition coefficient (Wildman–Crippen LogP) is 3.14. The minimum atomic E-state index is -0.376. The van der Waals surface area contributed by atoms with Crippen molar-refractivity contribution in [2.24, 2.45) is 0 Å². The molecule has 174 valence electrons. The topological polar surface area (TPSA) is 118 Å². The van der Waals surface area contributed by atoms with Crippen LogP contribution in [0, 0.1) is 0 Å². The lowest BCUT2D eigenvalue weighted by molar-refractivity contribution is -0.113. The van der Waals surface area contributed by atoms with E-state index < -0.39 is 0 Å². The van der Waals surface area contributed by atoms with Crippen molar-refractivity contribution in [3.63, 3.8) is 0 Å². The molecule has 33 heavy (non-hydrogen) atoms. The Balaban J connectivity index is 1.36. The first-order chi connectivity index (χ1) is 16.1. The van der Waals surface area contributed by atoms with Gasteiger partial charge in [-0.25, -0.2) is 4.79 Å². The average Bonchev–Trinajstić information content (AvgIpc) is 3.39. The molecule has 2 N–H and O–H groups in total. The second-order valence-corrected chi connectivity index (χ2v) is 10.2. The van der Waals surface area contributed by atoms with E-state index in [1.807, 2.05) is 4.40 Å². The number of aromatic nitrogens is 4. The molecule has 0 radical (unpaired) electrons. The molecule has 0 atom stereocenters. The maximum atomic E-state index is 12.8. The number of hydrogen-bond acceptors (Lipinski definition) is 8. The molecule has 0 unspecified atom stereocenters. The highest BCUT2D eigenvalue weighted by molar-refractivity contribution is 7.99. The van der Waals surface area contributed by atoms with Crippen molar-refractivity contribution in [3.05, 3.63) is 37.6 Å². The Morgan fingerprint density at radius 1 is 1.12 bits per heavy atom. The molecule has 0 saturated heterocycles. The van der Waals surface area contributed by atoms with Crippen LogP contribution in [0.5, 0.6) is 0 Å². The molecule has 0 saturated carbocycles. The van der Waals surface area contributed by atoms with Crippen molar-refractivity contribution >= 4 is 45.8 Å². The third-order valence-corrected chi connectivity index (χ3v) is 8.21. The van der Waals surface area contributed by atoms with Gasteiger partial charge in [-0.3, -0.25) is 19.0 Å². The van der Waals surface area contributed by atoms with Crippen LogP contribution < -0.4 is 10.9 Å². The summed E-state index contributed by atoms with van der Waals surface area (Å²) >= 11 is 2.74. The van der Waals surface area contributed by atoms with Gasteiger partial charge in [0.05, 0.1) is 17.9 Å². The van der Waals surface area contributed by atoms with Gasteiger partial charge < -0.3 is 10.1 Å². The van der Waals surface area contributed by atoms with E-state index in [0.717, 1.165) is 73.1 Å². The number of hydrogen-bond donors (Lipinski definition) is 2. The lowest BCUT2D eigenvalue weighted by atomic mass is 9.95. The van der Waals surface area contributed by atoms with E-state index in [4.69, 9.17) is 4.74 Å². The number of amides is 1. The van der Waals surface area contributed by atoms with Crippen molar-refractivity contribution < 1.29 is 14.3 Å². The lowest BCUT2D eigenvalue weighted by Gasteiger charge is -2.16. The minimum absolute atomic E-state index is 0.105. The van der Waals surface area contributed by atoms with Crippen LogP contribution in [0.25, 0.3) is 5.78 Å². The summed E-state index contributed by atoms with van der Waals surface area (Å²) in [6, 6.07) is 0. The fraction of sp³-hybridized carbons (Fsp3) is 0.500. The summed E-state index contributed by atoms with van der Waals surface area (Å²) in [6.07, 6.45) is 7.40. The van der Waals surface area contributed by atoms with E-state index >= 15 is 0 Å². The predicted molar refractivity (Wildman–Crippen MR) is 127 cm³/mol. The van der Waals surface area contributed by atoms with Gasteiger partial charge in [-0.1, -0.05) is 11.8 Å². The molecule has 3 heterocycles. The lowest BCUT2D eigenvalue weighted by Crippen LogP contribution is -2.23. The molecule has 1 amide bonds. The van der Waals surface area contributed by atoms with Gasteiger partial charge in [0.15, 0.2) is 5.16 Å². The summed E-state index contributed by atoms with van der Waals surface area (Å²) in [4.78, 5) is 41.7. The molecule has 3 aromatic heterocycles. The minimum Gasteiger partial charge on any atom is -0.462 e. The Bertz CT molecular complexity index is 1290. The number of H-pyrrole nitrogens is 1. The summed E-state index contributed by atoms with van der Waals surface area (Å²) in [5.74, 6) is -0.0864. The van der Waals surface area contributed by atoms with Crippen LogP contribution in [-0.4, -0.2) is 43.8 Å². The zero-order valence-corrected chi connectivity index (χ0v) is 20.0. The molecule has 0 aliphatic heterocycles. The van der Waals surface area contributed by atoms with Crippen molar-refractivity contribution in [2.75, 3.05) is 17.7 Å². The quantitative estimate of drug-likeness (QED) is 0.405. The molecular formula is C22H25N5O4S2. The number of fused-ring (bicyclic) bond motifs is 4. The molecule has 0 bridgehead atoms. The molecule has 5 rings (SSSR count). The zero-order chi connectivity index (χ0) is 22.9. The third-order valence-electron chi connectivity index (χ3n) is 6.08. The van der Waals surface area contributed by atoms with Gasteiger partial charge in [-0.15, -0.1) is 21.5 Å². The van der Waals surface area contributed by atoms with E-state index in [9.17, 15) is 14.4 Å². The average molecular weight is 488 g/mol. The molecule has 2 aliphatic carbocycles. The number of esters is 1. The molecule has 11 heteroatoms. The number of ether oxygens (including phenoxy) is 1. The number of rotatable bonds is 6. The van der Waals surface area contributed by atoms with Gasteiger partial charge in [0.1, 0.15) is 5.00 Å². The fourth-order valence-electron chi connectivity index (χ4n) is 4.61. The van der Waals surface area contributed by atoms with Gasteiger partial charge >= 0.3 is 5.97 Å². The van der Waals surface area contributed by atoms with E-state index in [1.165, 1.54) is 23.1 Å². The largest absolute Gasteiger partial charge is 0.462 e. The molecule has 3 aromatic rings. The fourth-order valence-corrected chi connectivity index (χ4v) is 6.66. The number of thiophene rings is 1. The third kappa shape index (κ3) is 4.19. The van der Waals surface area contributed by atoms with E-state index in [-0.39, 0.29) is 23.2 Å². The number of aromatic amines is 1. The monoisotopic (exact) mass is 487 g/mol. The second-order valence-electron chi connectivity index (χ2n) is 8.20. The van der Waals surface area contributed by atoms with Crippen molar-refractivity contribution in [1.29, 1.82) is 0 Å². The highest BCUT2D eigenvalue weighted by atomic mass is 32.2. The number of nitrogens with one attached hydrogen (secondary N) is 2. The first-order valence-electron chi connectivity index (χ1n) is 11.3.